The molecule has 3 nitrogen and oxygen atoms in total. The molecule has 1 aliphatic rings. The van der Waals surface area contributed by atoms with Gasteiger partial charge in [0.2, 0.25) is 5.91 Å². The largest absolute Gasteiger partial charge is 0.349 e. The molecule has 0 aliphatic heterocycles. The van der Waals surface area contributed by atoms with Crippen molar-refractivity contribution in [3.63, 3.8) is 0 Å². The van der Waals surface area contributed by atoms with Crippen LogP contribution in [0, 0.1) is 5.41 Å². The van der Waals surface area contributed by atoms with Gasteiger partial charge in [-0.05, 0) is 36.8 Å². The first-order chi connectivity index (χ1) is 10.2. The number of nitrogens with one attached hydrogen (secondary N) is 1. The Hall–Kier alpha value is -1.06. The lowest BCUT2D eigenvalue weighted by Crippen LogP contribution is -2.39. The van der Waals surface area contributed by atoms with Crippen LogP contribution in [0.15, 0.2) is 30.3 Å². The van der Waals surface area contributed by atoms with Gasteiger partial charge in [0.1, 0.15) is 0 Å². The Kier molecular flexibility index (Phi) is 7.91. The molecule has 0 heterocycles. The van der Waals surface area contributed by atoms with Crippen molar-refractivity contribution >= 4 is 18.3 Å². The number of hydrogen-bond donors (Lipinski definition) is 2. The lowest BCUT2D eigenvalue weighted by atomic mass is 9.71. The van der Waals surface area contributed by atoms with Crippen molar-refractivity contribution in [3.05, 3.63) is 35.9 Å². The maximum Gasteiger partial charge on any atom is 0.221 e. The Bertz CT molecular complexity index is 444. The standard InChI is InChI=1S/C18H28N2O.ClH/c1-2-16(15-9-5-3-6-10-15)20-17(21)13-18(14-19)11-7-4-8-12-18;/h3,5-6,9-10,16H,2,4,7-8,11-14,19H2,1H3,(H,20,21);1H. The number of rotatable bonds is 6. The average Bonchev–Trinajstić information content (AvgIpc) is 2.54. The van der Waals surface area contributed by atoms with Crippen molar-refractivity contribution < 1.29 is 4.79 Å². The van der Waals surface area contributed by atoms with Crippen LogP contribution < -0.4 is 11.1 Å². The summed E-state index contributed by atoms with van der Waals surface area (Å²) in [6.07, 6.45) is 7.38. The van der Waals surface area contributed by atoms with Crippen LogP contribution >= 0.6 is 12.4 Å². The molecule has 0 saturated heterocycles. The zero-order valence-corrected chi connectivity index (χ0v) is 14.3. The van der Waals surface area contributed by atoms with Crippen LogP contribution in [-0.2, 0) is 4.79 Å². The molecule has 3 N–H and O–H groups in total. The minimum atomic E-state index is 0. The minimum Gasteiger partial charge on any atom is -0.349 e. The predicted molar refractivity (Wildman–Crippen MR) is 94.1 cm³/mol. The Morgan fingerprint density at radius 2 is 1.86 bits per heavy atom. The van der Waals surface area contributed by atoms with Gasteiger partial charge < -0.3 is 11.1 Å². The number of amides is 1. The van der Waals surface area contributed by atoms with Crippen LogP contribution in [0.4, 0.5) is 0 Å². The van der Waals surface area contributed by atoms with Crippen molar-refractivity contribution in [1.29, 1.82) is 0 Å². The topological polar surface area (TPSA) is 55.1 Å². The second kappa shape index (κ2) is 9.16. The lowest BCUT2D eigenvalue weighted by molar-refractivity contribution is -0.124. The van der Waals surface area contributed by atoms with Gasteiger partial charge in [0, 0.05) is 6.42 Å². The summed E-state index contributed by atoms with van der Waals surface area (Å²) in [6, 6.07) is 10.3. The van der Waals surface area contributed by atoms with Crippen LogP contribution in [0.1, 0.15) is 63.5 Å². The first-order valence-corrected chi connectivity index (χ1v) is 8.23. The molecule has 0 radical (unpaired) electrons. The Morgan fingerprint density at radius 1 is 1.23 bits per heavy atom. The molecule has 1 saturated carbocycles. The predicted octanol–water partition coefficient (Wildman–Crippen LogP) is 3.98. The molecule has 22 heavy (non-hydrogen) atoms. The van der Waals surface area contributed by atoms with E-state index in [0.29, 0.717) is 13.0 Å². The van der Waals surface area contributed by atoms with Gasteiger partial charge in [0.25, 0.3) is 0 Å². The minimum absolute atomic E-state index is 0. The summed E-state index contributed by atoms with van der Waals surface area (Å²) >= 11 is 0. The van der Waals surface area contributed by atoms with E-state index >= 15 is 0 Å². The van der Waals surface area contributed by atoms with E-state index in [9.17, 15) is 4.79 Å². The van der Waals surface area contributed by atoms with Gasteiger partial charge in [-0.2, -0.15) is 0 Å². The van der Waals surface area contributed by atoms with Gasteiger partial charge in [-0.3, -0.25) is 4.79 Å². The zero-order valence-electron chi connectivity index (χ0n) is 13.5. The first-order valence-electron chi connectivity index (χ1n) is 8.23. The van der Waals surface area contributed by atoms with E-state index in [0.717, 1.165) is 19.3 Å². The van der Waals surface area contributed by atoms with Crippen molar-refractivity contribution in [2.24, 2.45) is 11.1 Å². The Morgan fingerprint density at radius 3 is 2.41 bits per heavy atom. The van der Waals surface area contributed by atoms with Crippen molar-refractivity contribution in [2.45, 2.75) is 57.9 Å². The average molecular weight is 325 g/mol. The van der Waals surface area contributed by atoms with E-state index in [-0.39, 0.29) is 29.8 Å². The smallest absolute Gasteiger partial charge is 0.221 e. The van der Waals surface area contributed by atoms with E-state index in [1.54, 1.807) is 0 Å². The van der Waals surface area contributed by atoms with E-state index in [2.05, 4.69) is 24.4 Å². The number of carbonyl (C=O) groups excluding carboxylic acids is 1. The van der Waals surface area contributed by atoms with Gasteiger partial charge in [-0.25, -0.2) is 0 Å². The number of carbonyl (C=O) groups is 1. The highest BCUT2D eigenvalue weighted by molar-refractivity contribution is 5.85. The number of hydrogen-bond acceptors (Lipinski definition) is 2. The molecule has 0 aromatic heterocycles. The Labute approximate surface area is 140 Å². The second-order valence-electron chi connectivity index (χ2n) is 6.38. The molecule has 0 spiro atoms. The summed E-state index contributed by atoms with van der Waals surface area (Å²) < 4.78 is 0. The van der Waals surface area contributed by atoms with Gasteiger partial charge >= 0.3 is 0 Å². The van der Waals surface area contributed by atoms with E-state index in [1.807, 2.05) is 18.2 Å². The molecule has 1 amide bonds. The van der Waals surface area contributed by atoms with E-state index < -0.39 is 0 Å². The molecular formula is C18H29ClN2O. The van der Waals surface area contributed by atoms with Crippen molar-refractivity contribution in [2.75, 3.05) is 6.54 Å². The quantitative estimate of drug-likeness (QED) is 0.831. The van der Waals surface area contributed by atoms with E-state index in [4.69, 9.17) is 5.73 Å². The first kappa shape index (κ1) is 19.0. The molecule has 4 heteroatoms. The third-order valence-electron chi connectivity index (χ3n) is 4.83. The fourth-order valence-electron chi connectivity index (χ4n) is 3.45. The highest BCUT2D eigenvalue weighted by Crippen LogP contribution is 2.38. The molecular weight excluding hydrogens is 296 g/mol. The third kappa shape index (κ3) is 4.99. The summed E-state index contributed by atoms with van der Waals surface area (Å²) in [5.74, 6) is 0.151. The van der Waals surface area contributed by atoms with Crippen molar-refractivity contribution in [1.82, 2.24) is 5.32 Å². The van der Waals surface area contributed by atoms with Gasteiger partial charge in [0.15, 0.2) is 0 Å². The summed E-state index contributed by atoms with van der Waals surface area (Å²) in [5, 5.41) is 3.19. The fourth-order valence-corrected chi connectivity index (χ4v) is 3.45. The summed E-state index contributed by atoms with van der Waals surface area (Å²) in [7, 11) is 0. The van der Waals surface area contributed by atoms with Crippen LogP contribution in [0.3, 0.4) is 0 Å². The van der Waals surface area contributed by atoms with Crippen LogP contribution in [0.25, 0.3) is 0 Å². The normalized spacial score (nSPS) is 18.1. The zero-order chi connectivity index (χ0) is 15.1. The highest BCUT2D eigenvalue weighted by atomic mass is 35.5. The van der Waals surface area contributed by atoms with Crippen LogP contribution in [0.5, 0.6) is 0 Å². The fraction of sp³-hybridized carbons (Fsp3) is 0.611. The molecule has 1 aliphatic carbocycles. The molecule has 1 unspecified atom stereocenters. The maximum atomic E-state index is 12.5. The molecule has 1 aromatic rings. The molecule has 1 atom stereocenters. The van der Waals surface area contributed by atoms with Crippen LogP contribution in [0.2, 0.25) is 0 Å². The van der Waals surface area contributed by atoms with Crippen LogP contribution in [-0.4, -0.2) is 12.5 Å². The lowest BCUT2D eigenvalue weighted by Gasteiger charge is -2.36. The maximum absolute atomic E-state index is 12.5. The van der Waals surface area contributed by atoms with Gasteiger partial charge in [0.05, 0.1) is 6.04 Å². The summed E-state index contributed by atoms with van der Waals surface area (Å²) in [5.41, 5.74) is 7.20. The third-order valence-corrected chi connectivity index (χ3v) is 4.83. The number of halogens is 1. The van der Waals surface area contributed by atoms with Crippen molar-refractivity contribution in [3.8, 4) is 0 Å². The summed E-state index contributed by atoms with van der Waals surface area (Å²) in [4.78, 5) is 12.5. The Balaban J connectivity index is 0.00000242. The second-order valence-corrected chi connectivity index (χ2v) is 6.38. The van der Waals surface area contributed by atoms with Gasteiger partial charge in [-0.15, -0.1) is 12.4 Å². The summed E-state index contributed by atoms with van der Waals surface area (Å²) in [6.45, 7) is 2.74. The molecule has 124 valence electrons. The molecule has 1 fully saturated rings. The van der Waals surface area contributed by atoms with E-state index in [1.165, 1.54) is 24.8 Å². The number of benzene rings is 1. The SMILES string of the molecule is CCC(NC(=O)CC1(CN)CCCCC1)c1ccccc1.Cl. The molecule has 1 aromatic carbocycles. The highest BCUT2D eigenvalue weighted by Gasteiger charge is 2.33. The molecule has 0 bridgehead atoms. The number of nitrogens with two attached hydrogens (primary N) is 1. The monoisotopic (exact) mass is 324 g/mol. The van der Waals surface area contributed by atoms with Gasteiger partial charge in [-0.1, -0.05) is 56.5 Å². The molecule has 2 rings (SSSR count).